The second kappa shape index (κ2) is 10.4. The van der Waals surface area contributed by atoms with Crippen LogP contribution in [-0.2, 0) is 19.1 Å². The van der Waals surface area contributed by atoms with Crippen LogP contribution in [-0.4, -0.2) is 30.6 Å². The lowest BCUT2D eigenvalue weighted by molar-refractivity contribution is -0.150. The van der Waals surface area contributed by atoms with Gasteiger partial charge in [-0.25, -0.2) is 0 Å². The highest BCUT2D eigenvalue weighted by atomic mass is 35.5. The van der Waals surface area contributed by atoms with Crippen LogP contribution in [0.5, 0.6) is 0 Å². The molecule has 7 nitrogen and oxygen atoms in total. The summed E-state index contributed by atoms with van der Waals surface area (Å²) in [5.41, 5.74) is 2.46. The molecule has 0 unspecified atom stereocenters. The van der Waals surface area contributed by atoms with E-state index in [-0.39, 0.29) is 22.3 Å². The predicted molar refractivity (Wildman–Crippen MR) is 123 cm³/mol. The summed E-state index contributed by atoms with van der Waals surface area (Å²) in [6.45, 7) is 1.95. The number of nitrogens with one attached hydrogen (secondary N) is 2. The first-order chi connectivity index (χ1) is 15.3. The number of halogens is 1. The molecule has 0 bridgehead atoms. The highest BCUT2D eigenvalue weighted by molar-refractivity contribution is 8.03. The van der Waals surface area contributed by atoms with E-state index in [9.17, 15) is 19.6 Å². The lowest BCUT2D eigenvalue weighted by Crippen LogP contribution is -2.44. The van der Waals surface area contributed by atoms with Gasteiger partial charge in [0.1, 0.15) is 5.92 Å². The Kier molecular flexibility index (Phi) is 7.57. The SMILES string of the molecule is COC(=O)[C@H]1C(=O)NC(SCC(=O)Nc2ccc(C)cc2)=C(C#N)[C@@H]1c1ccc(Cl)cc1. The Morgan fingerprint density at radius 2 is 1.84 bits per heavy atom. The molecule has 9 heteroatoms. The number of thioether (sulfide) groups is 1. The highest BCUT2D eigenvalue weighted by Gasteiger charge is 2.44. The van der Waals surface area contributed by atoms with Gasteiger partial charge in [-0.15, -0.1) is 0 Å². The quantitative estimate of drug-likeness (QED) is 0.492. The highest BCUT2D eigenvalue weighted by Crippen LogP contribution is 2.40. The van der Waals surface area contributed by atoms with E-state index in [1.807, 2.05) is 19.1 Å². The number of ether oxygens (including phenoxy) is 1. The molecule has 164 valence electrons. The molecule has 3 rings (SSSR count). The van der Waals surface area contributed by atoms with E-state index >= 15 is 0 Å². The minimum Gasteiger partial charge on any atom is -0.468 e. The van der Waals surface area contributed by atoms with Crippen LogP contribution in [0.2, 0.25) is 5.02 Å². The van der Waals surface area contributed by atoms with E-state index in [2.05, 4.69) is 16.7 Å². The Bertz CT molecular complexity index is 1110. The average Bonchev–Trinajstić information content (AvgIpc) is 2.78. The van der Waals surface area contributed by atoms with E-state index in [0.29, 0.717) is 16.3 Å². The first-order valence-corrected chi connectivity index (χ1v) is 11.0. The van der Waals surface area contributed by atoms with Gasteiger partial charge in [-0.1, -0.05) is 53.2 Å². The number of esters is 1. The third kappa shape index (κ3) is 5.31. The van der Waals surface area contributed by atoms with Crippen molar-refractivity contribution in [2.24, 2.45) is 5.92 Å². The minimum absolute atomic E-state index is 0.0368. The summed E-state index contributed by atoms with van der Waals surface area (Å²) in [6, 6.07) is 16.0. The zero-order valence-electron chi connectivity index (χ0n) is 17.3. The number of rotatable bonds is 6. The van der Waals surface area contributed by atoms with Gasteiger partial charge in [0, 0.05) is 16.6 Å². The first-order valence-electron chi connectivity index (χ1n) is 9.61. The van der Waals surface area contributed by atoms with E-state index in [0.717, 1.165) is 17.3 Å². The van der Waals surface area contributed by atoms with Gasteiger partial charge in [0.05, 0.1) is 29.5 Å². The van der Waals surface area contributed by atoms with Gasteiger partial charge >= 0.3 is 5.97 Å². The second-order valence-electron chi connectivity index (χ2n) is 7.08. The maximum atomic E-state index is 12.8. The van der Waals surface area contributed by atoms with Gasteiger partial charge in [0.25, 0.3) is 0 Å². The number of allylic oxidation sites excluding steroid dienone is 1. The molecule has 0 fully saturated rings. The zero-order chi connectivity index (χ0) is 23.3. The van der Waals surface area contributed by atoms with Gasteiger partial charge in [-0.2, -0.15) is 5.26 Å². The summed E-state index contributed by atoms with van der Waals surface area (Å²) in [7, 11) is 1.18. The van der Waals surface area contributed by atoms with Crippen molar-refractivity contribution in [2.75, 3.05) is 18.2 Å². The van der Waals surface area contributed by atoms with Crippen molar-refractivity contribution >= 4 is 46.8 Å². The molecule has 2 atom stereocenters. The number of nitrogens with zero attached hydrogens (tertiary/aromatic N) is 1. The maximum absolute atomic E-state index is 12.8. The number of carbonyl (C=O) groups excluding carboxylic acids is 3. The number of carbonyl (C=O) groups is 3. The second-order valence-corrected chi connectivity index (χ2v) is 8.50. The van der Waals surface area contributed by atoms with Gasteiger partial charge < -0.3 is 15.4 Å². The molecule has 2 aromatic rings. The summed E-state index contributed by atoms with van der Waals surface area (Å²) >= 11 is 6.99. The third-order valence-corrected chi connectivity index (χ3v) is 6.16. The molecule has 1 aliphatic rings. The smallest absolute Gasteiger partial charge is 0.319 e. The molecule has 2 amide bonds. The van der Waals surface area contributed by atoms with E-state index in [1.54, 1.807) is 36.4 Å². The van der Waals surface area contributed by atoms with Crippen LogP contribution in [0.25, 0.3) is 0 Å². The number of hydrogen-bond acceptors (Lipinski definition) is 6. The third-order valence-electron chi connectivity index (χ3n) is 4.90. The fourth-order valence-electron chi connectivity index (χ4n) is 3.32. The zero-order valence-corrected chi connectivity index (χ0v) is 18.9. The van der Waals surface area contributed by atoms with Gasteiger partial charge in [0.15, 0.2) is 0 Å². The lowest BCUT2D eigenvalue weighted by Gasteiger charge is -2.30. The molecule has 32 heavy (non-hydrogen) atoms. The van der Waals surface area contributed by atoms with Crippen molar-refractivity contribution in [3.8, 4) is 6.07 Å². The van der Waals surface area contributed by atoms with Gasteiger partial charge in [-0.3, -0.25) is 14.4 Å². The molecule has 1 heterocycles. The molecule has 0 saturated carbocycles. The van der Waals surface area contributed by atoms with Crippen LogP contribution >= 0.6 is 23.4 Å². The van der Waals surface area contributed by atoms with Crippen LogP contribution in [0.3, 0.4) is 0 Å². The normalized spacial score (nSPS) is 17.9. The maximum Gasteiger partial charge on any atom is 0.319 e. The van der Waals surface area contributed by atoms with Crippen LogP contribution in [0.1, 0.15) is 17.0 Å². The van der Waals surface area contributed by atoms with Crippen LogP contribution in [0, 0.1) is 24.2 Å². The van der Waals surface area contributed by atoms with E-state index in [4.69, 9.17) is 16.3 Å². The molecule has 0 aliphatic carbocycles. The van der Waals surface area contributed by atoms with Crippen LogP contribution in [0.15, 0.2) is 59.1 Å². The summed E-state index contributed by atoms with van der Waals surface area (Å²) in [5.74, 6) is -3.78. The first kappa shape index (κ1) is 23.4. The number of nitriles is 1. The largest absolute Gasteiger partial charge is 0.468 e. The minimum atomic E-state index is -1.23. The molecular weight excluding hydrogens is 450 g/mol. The lowest BCUT2D eigenvalue weighted by atomic mass is 9.78. The molecular formula is C23H20ClN3O4S. The number of hydrogen-bond donors (Lipinski definition) is 2. The standard InChI is InChI=1S/C23H20ClN3O4S/c1-13-3-9-16(10-4-13)26-18(28)12-32-22-17(11-25)19(14-5-7-15(24)8-6-14)20(21(29)27-22)23(30)31-2/h3-10,19-20H,12H2,1-2H3,(H,26,28)(H,27,29)/t19-,20+/m0/s1. The Hall–Kier alpha value is -3.28. The Balaban J connectivity index is 1.87. The van der Waals surface area contributed by atoms with E-state index in [1.165, 1.54) is 7.11 Å². The Morgan fingerprint density at radius 3 is 2.44 bits per heavy atom. The topological polar surface area (TPSA) is 108 Å². The predicted octanol–water partition coefficient (Wildman–Crippen LogP) is 3.76. The number of amides is 2. The fraction of sp³-hybridized carbons (Fsp3) is 0.217. The van der Waals surface area contributed by atoms with Crippen LogP contribution in [0.4, 0.5) is 5.69 Å². The number of anilines is 1. The molecule has 1 aliphatic heterocycles. The molecule has 0 spiro atoms. The fourth-order valence-corrected chi connectivity index (χ4v) is 4.30. The Morgan fingerprint density at radius 1 is 1.19 bits per heavy atom. The van der Waals surface area contributed by atoms with Crippen molar-refractivity contribution in [3.63, 3.8) is 0 Å². The molecule has 0 saturated heterocycles. The summed E-state index contributed by atoms with van der Waals surface area (Å²) in [6.07, 6.45) is 0. The van der Waals surface area contributed by atoms with Crippen molar-refractivity contribution in [3.05, 3.63) is 75.3 Å². The summed E-state index contributed by atoms with van der Waals surface area (Å²) < 4.78 is 4.81. The molecule has 2 aromatic carbocycles. The Labute approximate surface area is 194 Å². The average molecular weight is 470 g/mol. The summed E-state index contributed by atoms with van der Waals surface area (Å²) in [5, 5.41) is 16.0. The number of aryl methyl sites for hydroxylation is 1. The van der Waals surface area contributed by atoms with Gasteiger partial charge in [-0.05, 0) is 36.8 Å². The molecule has 0 aromatic heterocycles. The van der Waals surface area contributed by atoms with Crippen molar-refractivity contribution in [1.82, 2.24) is 5.32 Å². The van der Waals surface area contributed by atoms with E-state index < -0.39 is 23.7 Å². The number of benzene rings is 2. The monoisotopic (exact) mass is 469 g/mol. The van der Waals surface area contributed by atoms with Crippen LogP contribution < -0.4 is 10.6 Å². The molecule has 0 radical (unpaired) electrons. The van der Waals surface area contributed by atoms with Crippen molar-refractivity contribution in [1.29, 1.82) is 5.26 Å². The molecule has 2 N–H and O–H groups in total. The summed E-state index contributed by atoms with van der Waals surface area (Å²) in [4.78, 5) is 37.6. The van der Waals surface area contributed by atoms with Crippen molar-refractivity contribution < 1.29 is 19.1 Å². The number of methoxy groups -OCH3 is 1. The van der Waals surface area contributed by atoms with Gasteiger partial charge in [0.2, 0.25) is 11.8 Å². The van der Waals surface area contributed by atoms with Crippen molar-refractivity contribution in [2.45, 2.75) is 12.8 Å².